The van der Waals surface area contributed by atoms with Crippen LogP contribution in [0.15, 0.2) is 54.4 Å². The Balaban J connectivity index is 1.80. The number of benzene rings is 2. The van der Waals surface area contributed by atoms with Crippen LogP contribution in [0.3, 0.4) is 0 Å². The van der Waals surface area contributed by atoms with Crippen LogP contribution >= 0.6 is 0 Å². The molecule has 0 fully saturated rings. The van der Waals surface area contributed by atoms with E-state index in [1.54, 1.807) is 0 Å². The molecule has 0 aliphatic carbocycles. The van der Waals surface area contributed by atoms with Crippen molar-refractivity contribution in [3.8, 4) is 0 Å². The maximum Gasteiger partial charge on any atom is 0.137 e. The highest BCUT2D eigenvalue weighted by atomic mass is 16.3. The van der Waals surface area contributed by atoms with Gasteiger partial charge in [-0.15, -0.1) is 0 Å². The van der Waals surface area contributed by atoms with Crippen LogP contribution in [0.5, 0.6) is 0 Å². The average Bonchev–Trinajstić information content (AvgIpc) is 3.15. The van der Waals surface area contributed by atoms with Crippen molar-refractivity contribution in [2.24, 2.45) is 0 Å². The molecule has 5 nitrogen and oxygen atoms in total. The number of nitrogens with zero attached hydrogens (tertiary/aromatic N) is 3. The fraction of sp³-hybridized carbons (Fsp3) is 0.250. The Hall–Kier alpha value is -2.79. The maximum absolute atomic E-state index is 9.47. The Morgan fingerprint density at radius 3 is 2.72 bits per heavy atom. The van der Waals surface area contributed by atoms with Gasteiger partial charge in [0.15, 0.2) is 0 Å². The predicted octanol–water partition coefficient (Wildman–Crippen LogP) is 3.67. The molecule has 3 aromatic rings. The van der Waals surface area contributed by atoms with Crippen molar-refractivity contribution in [3.63, 3.8) is 0 Å². The van der Waals surface area contributed by atoms with Gasteiger partial charge in [0.25, 0.3) is 0 Å². The summed E-state index contributed by atoms with van der Waals surface area (Å²) in [6.45, 7) is 3.73. The molecule has 25 heavy (non-hydrogen) atoms. The minimum Gasteiger partial charge on any atom is -0.395 e. The Morgan fingerprint density at radius 1 is 1.08 bits per heavy atom. The molecule has 1 aliphatic heterocycles. The molecule has 0 radical (unpaired) electrons. The summed E-state index contributed by atoms with van der Waals surface area (Å²) in [5.74, 6) is 1.88. The van der Waals surface area contributed by atoms with Crippen LogP contribution in [-0.4, -0.2) is 27.8 Å². The Labute approximate surface area is 147 Å². The van der Waals surface area contributed by atoms with Crippen molar-refractivity contribution in [2.75, 3.05) is 23.4 Å². The summed E-state index contributed by atoms with van der Waals surface area (Å²) in [7, 11) is 0. The van der Waals surface area contributed by atoms with Crippen LogP contribution in [-0.2, 0) is 6.54 Å². The van der Waals surface area contributed by atoms with Crippen LogP contribution in [0.4, 0.5) is 11.4 Å². The molecule has 2 heterocycles. The standard InChI is InChI=1S/C20H22N4O/c1-2-11-23-17-9-5-3-7-15(17)21-19(23)14-20-22-16-8-4-6-10-18(16)24(20)12-13-25/h3-10,14,21,25H,2,11-13H2,1H3/b19-14+. The molecule has 128 valence electrons. The third-order valence-electron chi connectivity index (χ3n) is 4.47. The largest absolute Gasteiger partial charge is 0.395 e. The SMILES string of the molecule is CCCN1/C(=C/c2nc3ccccc3n2CCO)Nc2ccccc21. The average molecular weight is 334 g/mol. The Kier molecular flexibility index (Phi) is 4.15. The van der Waals surface area contributed by atoms with E-state index >= 15 is 0 Å². The van der Waals surface area contributed by atoms with Crippen molar-refractivity contribution in [3.05, 3.63) is 60.2 Å². The second kappa shape index (κ2) is 6.61. The number of fused-ring (bicyclic) bond motifs is 2. The van der Waals surface area contributed by atoms with Gasteiger partial charge in [-0.2, -0.15) is 0 Å². The highest BCUT2D eigenvalue weighted by Crippen LogP contribution is 2.36. The number of hydrogen-bond acceptors (Lipinski definition) is 4. The lowest BCUT2D eigenvalue weighted by Gasteiger charge is -2.19. The molecule has 0 atom stereocenters. The van der Waals surface area contributed by atoms with Gasteiger partial charge in [0.2, 0.25) is 0 Å². The van der Waals surface area contributed by atoms with E-state index in [1.807, 2.05) is 30.3 Å². The van der Waals surface area contributed by atoms with Gasteiger partial charge in [-0.3, -0.25) is 0 Å². The first kappa shape index (κ1) is 15.7. The molecule has 2 N–H and O–H groups in total. The summed E-state index contributed by atoms with van der Waals surface area (Å²) >= 11 is 0. The van der Waals surface area contributed by atoms with Crippen molar-refractivity contribution in [1.82, 2.24) is 9.55 Å². The Bertz CT molecular complexity index is 928. The van der Waals surface area contributed by atoms with E-state index in [2.05, 4.69) is 46.0 Å². The molecule has 0 saturated heterocycles. The van der Waals surface area contributed by atoms with E-state index in [1.165, 1.54) is 5.69 Å². The summed E-state index contributed by atoms with van der Waals surface area (Å²) < 4.78 is 2.07. The van der Waals surface area contributed by atoms with E-state index in [0.29, 0.717) is 6.54 Å². The highest BCUT2D eigenvalue weighted by Gasteiger charge is 2.23. The highest BCUT2D eigenvalue weighted by molar-refractivity contribution is 5.85. The topological polar surface area (TPSA) is 53.3 Å². The smallest absolute Gasteiger partial charge is 0.137 e. The molecule has 2 aromatic carbocycles. The molecular formula is C20H22N4O. The lowest BCUT2D eigenvalue weighted by molar-refractivity contribution is 0.277. The predicted molar refractivity (Wildman–Crippen MR) is 102 cm³/mol. The quantitative estimate of drug-likeness (QED) is 0.747. The summed E-state index contributed by atoms with van der Waals surface area (Å²) in [5, 5.41) is 13.0. The molecule has 1 aliphatic rings. The van der Waals surface area contributed by atoms with E-state index in [4.69, 9.17) is 4.98 Å². The lowest BCUT2D eigenvalue weighted by Crippen LogP contribution is -2.21. The van der Waals surface area contributed by atoms with E-state index in [-0.39, 0.29) is 6.61 Å². The summed E-state index contributed by atoms with van der Waals surface area (Å²) in [4.78, 5) is 7.05. The number of rotatable bonds is 5. The number of aliphatic hydroxyl groups is 1. The first-order valence-corrected chi connectivity index (χ1v) is 8.73. The van der Waals surface area contributed by atoms with Crippen molar-refractivity contribution < 1.29 is 5.11 Å². The van der Waals surface area contributed by atoms with E-state index in [0.717, 1.165) is 41.3 Å². The Morgan fingerprint density at radius 2 is 1.88 bits per heavy atom. The van der Waals surface area contributed by atoms with Gasteiger partial charge >= 0.3 is 0 Å². The van der Waals surface area contributed by atoms with Gasteiger partial charge in [0.1, 0.15) is 11.6 Å². The number of aliphatic hydroxyl groups excluding tert-OH is 1. The van der Waals surface area contributed by atoms with Gasteiger partial charge < -0.3 is 19.9 Å². The van der Waals surface area contributed by atoms with Crippen LogP contribution in [0.25, 0.3) is 17.1 Å². The monoisotopic (exact) mass is 334 g/mol. The molecule has 0 bridgehead atoms. The van der Waals surface area contributed by atoms with Crippen LogP contribution in [0.2, 0.25) is 0 Å². The van der Waals surface area contributed by atoms with Gasteiger partial charge in [-0.1, -0.05) is 31.2 Å². The van der Waals surface area contributed by atoms with Gasteiger partial charge in [-0.05, 0) is 30.7 Å². The molecule has 1 aromatic heterocycles. The first-order valence-electron chi connectivity index (χ1n) is 8.73. The zero-order valence-electron chi connectivity index (χ0n) is 14.3. The second-order valence-corrected chi connectivity index (χ2v) is 6.16. The minimum absolute atomic E-state index is 0.0862. The molecular weight excluding hydrogens is 312 g/mol. The maximum atomic E-state index is 9.47. The molecule has 0 unspecified atom stereocenters. The normalized spacial score (nSPS) is 15.0. The summed E-state index contributed by atoms with van der Waals surface area (Å²) in [5.41, 5.74) is 4.30. The van der Waals surface area contributed by atoms with Gasteiger partial charge in [0.05, 0.1) is 29.0 Å². The zero-order chi connectivity index (χ0) is 17.2. The van der Waals surface area contributed by atoms with Crippen molar-refractivity contribution in [1.29, 1.82) is 0 Å². The zero-order valence-corrected chi connectivity index (χ0v) is 14.3. The number of anilines is 2. The molecule has 0 spiro atoms. The molecule has 5 heteroatoms. The third kappa shape index (κ3) is 2.76. The number of hydrogen-bond donors (Lipinski definition) is 2. The van der Waals surface area contributed by atoms with Gasteiger partial charge in [-0.25, -0.2) is 4.98 Å². The van der Waals surface area contributed by atoms with E-state index in [9.17, 15) is 5.11 Å². The number of aromatic nitrogens is 2. The minimum atomic E-state index is 0.0862. The number of imidazole rings is 1. The molecule has 4 rings (SSSR count). The van der Waals surface area contributed by atoms with Crippen LogP contribution in [0.1, 0.15) is 19.2 Å². The van der Waals surface area contributed by atoms with E-state index < -0.39 is 0 Å². The van der Waals surface area contributed by atoms with Crippen LogP contribution in [0, 0.1) is 0 Å². The third-order valence-corrected chi connectivity index (χ3v) is 4.47. The van der Waals surface area contributed by atoms with Crippen LogP contribution < -0.4 is 10.2 Å². The second-order valence-electron chi connectivity index (χ2n) is 6.16. The summed E-state index contributed by atoms with van der Waals surface area (Å²) in [6.07, 6.45) is 3.13. The van der Waals surface area contributed by atoms with Crippen molar-refractivity contribution in [2.45, 2.75) is 19.9 Å². The summed E-state index contributed by atoms with van der Waals surface area (Å²) in [6, 6.07) is 16.4. The number of nitrogens with one attached hydrogen (secondary N) is 1. The fourth-order valence-corrected chi connectivity index (χ4v) is 3.39. The fourth-order valence-electron chi connectivity index (χ4n) is 3.39. The van der Waals surface area contributed by atoms with Crippen molar-refractivity contribution >= 4 is 28.5 Å². The molecule has 0 amide bonds. The number of para-hydroxylation sites is 4. The lowest BCUT2D eigenvalue weighted by atomic mass is 10.2. The first-order chi connectivity index (χ1) is 12.3. The molecule has 0 saturated carbocycles. The van der Waals surface area contributed by atoms with Gasteiger partial charge in [0, 0.05) is 19.2 Å².